The minimum atomic E-state index is -0.445. The van der Waals surface area contributed by atoms with Gasteiger partial charge in [-0.1, -0.05) is 29.8 Å². The van der Waals surface area contributed by atoms with Crippen LogP contribution >= 0.6 is 11.6 Å². The number of carbonyl (C=O) groups excluding carboxylic acids is 2. The molecule has 124 valence electrons. The normalized spacial score (nSPS) is 12.4. The molecule has 0 aliphatic carbocycles. The third-order valence-corrected chi connectivity index (χ3v) is 3.80. The summed E-state index contributed by atoms with van der Waals surface area (Å²) in [7, 11) is 0. The average Bonchev–Trinajstić information content (AvgIpc) is 2.61. The summed E-state index contributed by atoms with van der Waals surface area (Å²) >= 11 is 6.00. The number of hydrazine groups is 1. The Kier molecular flexibility index (Phi) is 4.86. The van der Waals surface area contributed by atoms with Gasteiger partial charge in [0.15, 0.2) is 11.5 Å². The zero-order valence-electron chi connectivity index (χ0n) is 12.7. The number of benzene rings is 2. The molecule has 2 N–H and O–H groups in total. The quantitative estimate of drug-likeness (QED) is 0.835. The molecule has 0 fully saturated rings. The number of halogens is 1. The van der Waals surface area contributed by atoms with Gasteiger partial charge in [0.2, 0.25) is 5.91 Å². The van der Waals surface area contributed by atoms with Crippen molar-refractivity contribution in [2.45, 2.75) is 6.42 Å². The van der Waals surface area contributed by atoms with Crippen molar-refractivity contribution in [3.63, 3.8) is 0 Å². The van der Waals surface area contributed by atoms with Crippen LogP contribution in [0.15, 0.2) is 42.5 Å². The van der Waals surface area contributed by atoms with E-state index in [0.717, 1.165) is 0 Å². The van der Waals surface area contributed by atoms with Crippen molar-refractivity contribution in [1.82, 2.24) is 10.9 Å². The van der Waals surface area contributed by atoms with E-state index in [1.54, 1.807) is 42.5 Å². The van der Waals surface area contributed by atoms with Crippen LogP contribution in [0.1, 0.15) is 15.9 Å². The molecule has 1 aliphatic rings. The van der Waals surface area contributed by atoms with Gasteiger partial charge < -0.3 is 9.47 Å². The second-order valence-corrected chi connectivity index (χ2v) is 5.54. The van der Waals surface area contributed by atoms with Crippen molar-refractivity contribution in [2.75, 3.05) is 13.2 Å². The summed E-state index contributed by atoms with van der Waals surface area (Å²) in [5, 5.41) is 0.505. The summed E-state index contributed by atoms with van der Waals surface area (Å²) < 4.78 is 10.8. The number of fused-ring (bicyclic) bond motifs is 1. The smallest absolute Gasteiger partial charge is 0.269 e. The predicted octanol–water partition coefficient (Wildman–Crippen LogP) is 2.11. The van der Waals surface area contributed by atoms with Crippen molar-refractivity contribution < 1.29 is 19.1 Å². The highest BCUT2D eigenvalue weighted by Gasteiger charge is 2.15. The Hall–Kier alpha value is -2.73. The molecule has 24 heavy (non-hydrogen) atoms. The minimum Gasteiger partial charge on any atom is -0.486 e. The van der Waals surface area contributed by atoms with Crippen molar-refractivity contribution in [2.24, 2.45) is 0 Å². The van der Waals surface area contributed by atoms with Gasteiger partial charge in [-0.25, -0.2) is 0 Å². The first-order chi connectivity index (χ1) is 11.6. The van der Waals surface area contributed by atoms with E-state index in [-0.39, 0.29) is 12.3 Å². The summed E-state index contributed by atoms with van der Waals surface area (Å²) in [6.45, 7) is 0.920. The molecule has 6 nitrogen and oxygen atoms in total. The SMILES string of the molecule is O=C(Cc1ccccc1Cl)NNC(=O)c1ccc2c(c1)OCCO2. The standard InChI is InChI=1S/C17H15ClN2O4/c18-13-4-2-1-3-11(13)10-16(21)19-20-17(22)12-5-6-14-15(9-12)24-8-7-23-14/h1-6,9H,7-8,10H2,(H,19,21)(H,20,22). The first-order valence-corrected chi connectivity index (χ1v) is 7.73. The summed E-state index contributed by atoms with van der Waals surface area (Å²) in [6, 6.07) is 11.9. The van der Waals surface area contributed by atoms with Crippen LogP contribution in [0, 0.1) is 0 Å². The van der Waals surface area contributed by atoms with Gasteiger partial charge >= 0.3 is 0 Å². The van der Waals surface area contributed by atoms with E-state index in [1.165, 1.54) is 0 Å². The molecule has 0 spiro atoms. The van der Waals surface area contributed by atoms with Crippen LogP contribution < -0.4 is 20.3 Å². The monoisotopic (exact) mass is 346 g/mol. The van der Waals surface area contributed by atoms with Gasteiger partial charge in [0, 0.05) is 10.6 Å². The first-order valence-electron chi connectivity index (χ1n) is 7.36. The van der Waals surface area contributed by atoms with Crippen LogP contribution in [0.2, 0.25) is 5.02 Å². The Morgan fingerprint density at radius 3 is 2.54 bits per heavy atom. The third-order valence-electron chi connectivity index (χ3n) is 3.43. The second-order valence-electron chi connectivity index (χ2n) is 5.13. The lowest BCUT2D eigenvalue weighted by Crippen LogP contribution is -2.42. The van der Waals surface area contributed by atoms with E-state index in [9.17, 15) is 9.59 Å². The van der Waals surface area contributed by atoms with Gasteiger partial charge in [0.1, 0.15) is 13.2 Å². The van der Waals surface area contributed by atoms with Crippen LogP contribution in [0.4, 0.5) is 0 Å². The number of hydrogen-bond acceptors (Lipinski definition) is 4. The molecular formula is C17H15ClN2O4. The maximum absolute atomic E-state index is 12.1. The van der Waals surface area contributed by atoms with Crippen molar-refractivity contribution in [3.05, 3.63) is 58.6 Å². The third kappa shape index (κ3) is 3.78. The number of hydrogen-bond donors (Lipinski definition) is 2. The fraction of sp³-hybridized carbons (Fsp3) is 0.176. The molecule has 2 aromatic carbocycles. The van der Waals surface area contributed by atoms with Gasteiger partial charge in [-0.15, -0.1) is 0 Å². The van der Waals surface area contributed by atoms with Gasteiger partial charge in [-0.2, -0.15) is 0 Å². The minimum absolute atomic E-state index is 0.0705. The fourth-order valence-electron chi connectivity index (χ4n) is 2.24. The van der Waals surface area contributed by atoms with Crippen LogP contribution in [0.25, 0.3) is 0 Å². The molecule has 0 radical (unpaired) electrons. The molecule has 1 heterocycles. The Morgan fingerprint density at radius 1 is 1.00 bits per heavy atom. The van der Waals surface area contributed by atoms with E-state index in [2.05, 4.69) is 10.9 Å². The number of amides is 2. The lowest BCUT2D eigenvalue weighted by atomic mass is 10.1. The van der Waals surface area contributed by atoms with Crippen LogP contribution in [0.3, 0.4) is 0 Å². The number of rotatable bonds is 3. The maximum atomic E-state index is 12.1. The second kappa shape index (κ2) is 7.23. The van der Waals surface area contributed by atoms with Crippen molar-refractivity contribution >= 4 is 23.4 Å². The lowest BCUT2D eigenvalue weighted by Gasteiger charge is -2.18. The fourth-order valence-corrected chi connectivity index (χ4v) is 2.44. The van der Waals surface area contributed by atoms with E-state index in [0.29, 0.717) is 40.9 Å². The molecule has 2 aromatic rings. The summed E-state index contributed by atoms with van der Waals surface area (Å²) in [5.74, 6) is 0.297. The molecule has 7 heteroatoms. The molecule has 2 amide bonds. The van der Waals surface area contributed by atoms with Gasteiger partial charge in [0.25, 0.3) is 5.91 Å². The number of nitrogens with one attached hydrogen (secondary N) is 2. The van der Waals surface area contributed by atoms with Crippen LogP contribution in [0.5, 0.6) is 11.5 Å². The van der Waals surface area contributed by atoms with E-state index in [1.807, 2.05) is 0 Å². The first kappa shape index (κ1) is 16.1. The zero-order chi connectivity index (χ0) is 16.9. The van der Waals surface area contributed by atoms with Gasteiger partial charge in [0.05, 0.1) is 6.42 Å². The van der Waals surface area contributed by atoms with E-state index >= 15 is 0 Å². The van der Waals surface area contributed by atoms with Crippen LogP contribution in [-0.2, 0) is 11.2 Å². The average molecular weight is 347 g/mol. The molecule has 3 rings (SSSR count). The molecule has 0 saturated carbocycles. The lowest BCUT2D eigenvalue weighted by molar-refractivity contribution is -0.121. The molecule has 0 bridgehead atoms. The molecule has 0 unspecified atom stereocenters. The molecule has 0 aromatic heterocycles. The highest BCUT2D eigenvalue weighted by atomic mass is 35.5. The zero-order valence-corrected chi connectivity index (χ0v) is 13.4. The van der Waals surface area contributed by atoms with Crippen molar-refractivity contribution in [1.29, 1.82) is 0 Å². The highest BCUT2D eigenvalue weighted by molar-refractivity contribution is 6.31. The largest absolute Gasteiger partial charge is 0.486 e. The highest BCUT2D eigenvalue weighted by Crippen LogP contribution is 2.30. The van der Waals surface area contributed by atoms with Crippen LogP contribution in [-0.4, -0.2) is 25.0 Å². The maximum Gasteiger partial charge on any atom is 0.269 e. The number of ether oxygens (including phenoxy) is 2. The molecule has 1 aliphatic heterocycles. The van der Waals surface area contributed by atoms with Gasteiger partial charge in [-0.05, 0) is 29.8 Å². The Balaban J connectivity index is 1.57. The topological polar surface area (TPSA) is 76.7 Å². The predicted molar refractivity (Wildman–Crippen MR) is 88.2 cm³/mol. The Morgan fingerprint density at radius 2 is 1.75 bits per heavy atom. The molecular weight excluding hydrogens is 332 g/mol. The van der Waals surface area contributed by atoms with E-state index in [4.69, 9.17) is 21.1 Å². The molecule has 0 atom stereocenters. The summed E-state index contributed by atoms with van der Waals surface area (Å²) in [5.41, 5.74) is 5.78. The van der Waals surface area contributed by atoms with E-state index < -0.39 is 5.91 Å². The summed E-state index contributed by atoms with van der Waals surface area (Å²) in [4.78, 5) is 24.0. The Bertz CT molecular complexity index is 779. The summed E-state index contributed by atoms with van der Waals surface area (Å²) in [6.07, 6.45) is 0.0705. The van der Waals surface area contributed by atoms with Crippen molar-refractivity contribution in [3.8, 4) is 11.5 Å². The number of carbonyl (C=O) groups is 2. The molecule has 0 saturated heterocycles. The Labute approximate surface area is 143 Å². The van der Waals surface area contributed by atoms with Gasteiger partial charge in [-0.3, -0.25) is 20.4 Å².